The smallest absolute Gasteiger partial charge is 0.114 e. The molecule has 5 heteroatoms. The van der Waals surface area contributed by atoms with Crippen molar-refractivity contribution in [1.82, 2.24) is 10.3 Å². The van der Waals surface area contributed by atoms with Gasteiger partial charge in [-0.3, -0.25) is 0 Å². The van der Waals surface area contributed by atoms with Gasteiger partial charge in [0, 0.05) is 20.0 Å². The molecule has 2 rings (SSSR count). The first kappa shape index (κ1) is 15.2. The van der Waals surface area contributed by atoms with E-state index >= 15 is 0 Å². The van der Waals surface area contributed by atoms with E-state index in [0.29, 0.717) is 0 Å². The first-order chi connectivity index (χ1) is 9.11. The summed E-state index contributed by atoms with van der Waals surface area (Å²) in [6.07, 6.45) is 1.11. The van der Waals surface area contributed by atoms with Crippen LogP contribution in [0, 0.1) is 6.92 Å². The van der Waals surface area contributed by atoms with E-state index in [2.05, 4.69) is 72.7 Å². The van der Waals surface area contributed by atoms with Crippen molar-refractivity contribution in [2.75, 3.05) is 6.54 Å². The highest BCUT2D eigenvalue weighted by molar-refractivity contribution is 9.13. The van der Waals surface area contributed by atoms with Gasteiger partial charge in [0.1, 0.15) is 5.01 Å². The molecular formula is C14H16Br2N2S. The molecule has 0 amide bonds. The maximum absolute atomic E-state index is 4.62. The lowest BCUT2D eigenvalue weighted by molar-refractivity contribution is 0.595. The van der Waals surface area contributed by atoms with Gasteiger partial charge in [0.25, 0.3) is 0 Å². The molecule has 102 valence electrons. The van der Waals surface area contributed by atoms with Gasteiger partial charge in [0.15, 0.2) is 0 Å². The van der Waals surface area contributed by atoms with Gasteiger partial charge in [-0.25, -0.2) is 4.98 Å². The number of benzene rings is 1. The van der Waals surface area contributed by atoms with E-state index in [1.54, 1.807) is 11.3 Å². The molecule has 0 saturated heterocycles. The second kappa shape index (κ2) is 6.97. The van der Waals surface area contributed by atoms with Crippen LogP contribution >= 0.6 is 43.2 Å². The van der Waals surface area contributed by atoms with E-state index in [0.717, 1.165) is 32.6 Å². The predicted octanol–water partition coefficient (Wildman–Crippen LogP) is 5.07. The summed E-state index contributed by atoms with van der Waals surface area (Å²) in [6, 6.07) is 6.52. The Morgan fingerprint density at radius 1 is 1.32 bits per heavy atom. The highest BCUT2D eigenvalue weighted by Crippen LogP contribution is 2.30. The van der Waals surface area contributed by atoms with E-state index in [-0.39, 0.29) is 6.04 Å². The van der Waals surface area contributed by atoms with Gasteiger partial charge in [-0.05, 0) is 69.4 Å². The van der Waals surface area contributed by atoms with Gasteiger partial charge in [-0.1, -0.05) is 13.0 Å². The minimum atomic E-state index is 0.169. The average molecular weight is 404 g/mol. The van der Waals surface area contributed by atoms with Crippen LogP contribution in [0.4, 0.5) is 0 Å². The van der Waals surface area contributed by atoms with Gasteiger partial charge in [0.2, 0.25) is 0 Å². The third kappa shape index (κ3) is 3.88. The summed E-state index contributed by atoms with van der Waals surface area (Å²) in [6.45, 7) is 5.19. The fraction of sp³-hybridized carbons (Fsp3) is 0.357. The zero-order chi connectivity index (χ0) is 13.8. The molecule has 1 atom stereocenters. The van der Waals surface area contributed by atoms with Gasteiger partial charge < -0.3 is 5.32 Å². The Hall–Kier alpha value is -0.230. The van der Waals surface area contributed by atoms with E-state index in [4.69, 9.17) is 0 Å². The maximum atomic E-state index is 4.62. The Morgan fingerprint density at radius 2 is 2.11 bits per heavy atom. The summed E-state index contributed by atoms with van der Waals surface area (Å²) in [5.41, 5.74) is 2.32. The number of nitrogens with one attached hydrogen (secondary N) is 1. The second-order valence-electron chi connectivity index (χ2n) is 4.39. The highest BCUT2D eigenvalue weighted by atomic mass is 79.9. The third-order valence-electron chi connectivity index (χ3n) is 2.76. The molecule has 2 aromatic rings. The van der Waals surface area contributed by atoms with Crippen molar-refractivity contribution in [2.45, 2.75) is 26.3 Å². The van der Waals surface area contributed by atoms with Crippen LogP contribution in [0.1, 0.15) is 35.7 Å². The normalized spacial score (nSPS) is 12.6. The molecule has 0 spiro atoms. The lowest BCUT2D eigenvalue weighted by Gasteiger charge is -2.17. The first-order valence-electron chi connectivity index (χ1n) is 6.22. The van der Waals surface area contributed by atoms with Gasteiger partial charge in [-0.2, -0.15) is 0 Å². The molecule has 0 bridgehead atoms. The molecular weight excluding hydrogens is 388 g/mol. The van der Waals surface area contributed by atoms with Crippen molar-refractivity contribution < 1.29 is 0 Å². The standard InChI is InChI=1S/C14H16Br2N2S/c1-3-6-17-13(14-18-9(2)8-19-14)10-4-5-11(15)12(16)7-10/h4-5,7-8,13,17H,3,6H2,1-2H3. The highest BCUT2D eigenvalue weighted by Gasteiger charge is 2.17. The Morgan fingerprint density at radius 3 is 2.68 bits per heavy atom. The zero-order valence-corrected chi connectivity index (χ0v) is 14.9. The predicted molar refractivity (Wildman–Crippen MR) is 88.8 cm³/mol. The third-order valence-corrected chi connectivity index (χ3v) is 5.67. The van der Waals surface area contributed by atoms with Crippen molar-refractivity contribution in [3.63, 3.8) is 0 Å². The summed E-state index contributed by atoms with van der Waals surface area (Å²) < 4.78 is 2.14. The van der Waals surface area contributed by atoms with Gasteiger partial charge >= 0.3 is 0 Å². The molecule has 19 heavy (non-hydrogen) atoms. The fourth-order valence-electron chi connectivity index (χ4n) is 1.83. The molecule has 1 N–H and O–H groups in total. The quantitative estimate of drug-likeness (QED) is 0.753. The van der Waals surface area contributed by atoms with E-state index in [1.165, 1.54) is 5.56 Å². The minimum Gasteiger partial charge on any atom is -0.304 e. The van der Waals surface area contributed by atoms with Crippen LogP contribution in [-0.4, -0.2) is 11.5 Å². The Kier molecular flexibility index (Phi) is 5.57. The number of aromatic nitrogens is 1. The Bertz CT molecular complexity index is 554. The number of hydrogen-bond donors (Lipinski definition) is 1. The molecule has 1 aromatic heterocycles. The molecule has 1 unspecified atom stereocenters. The van der Waals surface area contributed by atoms with Crippen LogP contribution in [0.15, 0.2) is 32.5 Å². The lowest BCUT2D eigenvalue weighted by atomic mass is 10.1. The topological polar surface area (TPSA) is 24.9 Å². The number of thiazole rings is 1. The number of aryl methyl sites for hydroxylation is 1. The summed E-state index contributed by atoms with van der Waals surface area (Å²) >= 11 is 8.79. The van der Waals surface area contributed by atoms with Crippen LogP contribution < -0.4 is 5.32 Å². The molecule has 0 fully saturated rings. The van der Waals surface area contributed by atoms with Crippen LogP contribution in [-0.2, 0) is 0 Å². The summed E-state index contributed by atoms with van der Waals surface area (Å²) in [7, 11) is 0. The molecule has 1 heterocycles. The van der Waals surface area contributed by atoms with Crippen LogP contribution in [0.2, 0.25) is 0 Å². The largest absolute Gasteiger partial charge is 0.304 e. The molecule has 0 radical (unpaired) electrons. The van der Waals surface area contributed by atoms with Gasteiger partial charge in [-0.15, -0.1) is 11.3 Å². The van der Waals surface area contributed by atoms with Crippen molar-refractivity contribution in [2.24, 2.45) is 0 Å². The maximum Gasteiger partial charge on any atom is 0.114 e. The second-order valence-corrected chi connectivity index (χ2v) is 6.99. The van der Waals surface area contributed by atoms with E-state index in [1.807, 2.05) is 6.92 Å². The number of halogens is 2. The van der Waals surface area contributed by atoms with Crippen LogP contribution in [0.5, 0.6) is 0 Å². The molecule has 0 aliphatic rings. The minimum absolute atomic E-state index is 0.169. The van der Waals surface area contributed by atoms with Crippen molar-refractivity contribution >= 4 is 43.2 Å². The molecule has 0 aliphatic heterocycles. The van der Waals surface area contributed by atoms with E-state index < -0.39 is 0 Å². The van der Waals surface area contributed by atoms with Crippen LogP contribution in [0.3, 0.4) is 0 Å². The fourth-order valence-corrected chi connectivity index (χ4v) is 3.37. The molecule has 1 aromatic carbocycles. The first-order valence-corrected chi connectivity index (χ1v) is 8.68. The lowest BCUT2D eigenvalue weighted by Crippen LogP contribution is -2.23. The van der Waals surface area contributed by atoms with Crippen molar-refractivity contribution in [3.05, 3.63) is 48.8 Å². The van der Waals surface area contributed by atoms with Crippen LogP contribution in [0.25, 0.3) is 0 Å². The van der Waals surface area contributed by atoms with Gasteiger partial charge in [0.05, 0.1) is 6.04 Å². The SMILES string of the molecule is CCCNC(c1ccc(Br)c(Br)c1)c1nc(C)cs1. The number of hydrogen-bond acceptors (Lipinski definition) is 3. The van der Waals surface area contributed by atoms with E-state index in [9.17, 15) is 0 Å². The van der Waals surface area contributed by atoms with Crippen molar-refractivity contribution in [3.8, 4) is 0 Å². The monoisotopic (exact) mass is 402 g/mol. The van der Waals surface area contributed by atoms with Crippen molar-refractivity contribution in [1.29, 1.82) is 0 Å². The Balaban J connectivity index is 2.33. The number of nitrogens with zero attached hydrogens (tertiary/aromatic N) is 1. The number of rotatable bonds is 5. The molecule has 2 nitrogen and oxygen atoms in total. The summed E-state index contributed by atoms with van der Waals surface area (Å²) in [5.74, 6) is 0. The molecule has 0 saturated carbocycles. The Labute approximate surface area is 134 Å². The summed E-state index contributed by atoms with van der Waals surface area (Å²) in [5, 5.41) is 6.80. The zero-order valence-electron chi connectivity index (χ0n) is 10.9. The summed E-state index contributed by atoms with van der Waals surface area (Å²) in [4.78, 5) is 4.62. The molecule has 0 aliphatic carbocycles. The average Bonchev–Trinajstić information content (AvgIpc) is 2.80.